The highest BCUT2D eigenvalue weighted by Gasteiger charge is 2.21. The molecule has 8 heteroatoms. The van der Waals surface area contributed by atoms with Crippen molar-refractivity contribution in [3.05, 3.63) is 82.7 Å². The minimum atomic E-state index is -0.601. The van der Waals surface area contributed by atoms with Crippen molar-refractivity contribution in [3.63, 3.8) is 0 Å². The lowest BCUT2D eigenvalue weighted by Gasteiger charge is -2.26. The van der Waals surface area contributed by atoms with Crippen molar-refractivity contribution in [2.45, 2.75) is 33.4 Å². The molecule has 0 saturated carbocycles. The number of aromatic nitrogens is 2. The summed E-state index contributed by atoms with van der Waals surface area (Å²) < 4.78 is 18.4. The second-order valence-electron chi connectivity index (χ2n) is 8.47. The predicted octanol–water partition coefficient (Wildman–Crippen LogP) is 3.37. The van der Waals surface area contributed by atoms with Crippen LogP contribution in [0.3, 0.4) is 0 Å². The van der Waals surface area contributed by atoms with Crippen LogP contribution in [0.4, 0.5) is 0 Å². The summed E-state index contributed by atoms with van der Waals surface area (Å²) in [5, 5.41) is 7.29. The van der Waals surface area contributed by atoms with Gasteiger partial charge in [0.1, 0.15) is 12.7 Å². The van der Waals surface area contributed by atoms with Crippen LogP contribution in [0.25, 0.3) is 6.08 Å². The molecule has 1 aliphatic rings. The predicted molar refractivity (Wildman–Crippen MR) is 131 cm³/mol. The fourth-order valence-corrected chi connectivity index (χ4v) is 3.75. The molecule has 1 atom stereocenters. The van der Waals surface area contributed by atoms with Crippen molar-refractivity contribution < 1.29 is 23.8 Å². The minimum Gasteiger partial charge on any atom is -0.486 e. The number of benzene rings is 2. The van der Waals surface area contributed by atoms with Gasteiger partial charge in [0.25, 0.3) is 5.91 Å². The van der Waals surface area contributed by atoms with Gasteiger partial charge in [-0.1, -0.05) is 42.0 Å². The first-order valence-electron chi connectivity index (χ1n) is 11.5. The Hall–Kier alpha value is -4.07. The number of hydrogen-bond acceptors (Lipinski definition) is 6. The van der Waals surface area contributed by atoms with Crippen LogP contribution in [0.5, 0.6) is 11.5 Å². The van der Waals surface area contributed by atoms with E-state index in [-0.39, 0.29) is 19.3 Å². The van der Waals surface area contributed by atoms with Gasteiger partial charge >= 0.3 is 5.97 Å². The minimum absolute atomic E-state index is 0.249. The van der Waals surface area contributed by atoms with Crippen LogP contribution >= 0.6 is 0 Å². The molecule has 182 valence electrons. The summed E-state index contributed by atoms with van der Waals surface area (Å²) in [7, 11) is 0. The summed E-state index contributed by atoms with van der Waals surface area (Å²) in [4.78, 5) is 24.2. The van der Waals surface area contributed by atoms with E-state index in [1.165, 1.54) is 11.6 Å². The highest BCUT2D eigenvalue weighted by atomic mass is 16.6. The molecule has 0 fully saturated rings. The van der Waals surface area contributed by atoms with Crippen molar-refractivity contribution in [2.75, 3.05) is 19.8 Å². The SMILES string of the molecule is Cc1ccc(Cn2nc(C)c(/C=C/C(=O)OCC(=O)NCC3COc4ccccc4O3)c2C)cc1. The summed E-state index contributed by atoms with van der Waals surface area (Å²) in [5.41, 5.74) is 4.97. The third-order valence-electron chi connectivity index (χ3n) is 5.72. The smallest absolute Gasteiger partial charge is 0.331 e. The molecule has 1 amide bonds. The summed E-state index contributed by atoms with van der Waals surface area (Å²) in [5.74, 6) is 0.313. The van der Waals surface area contributed by atoms with E-state index in [1.807, 2.05) is 42.8 Å². The van der Waals surface area contributed by atoms with Gasteiger partial charge < -0.3 is 19.5 Å². The largest absolute Gasteiger partial charge is 0.486 e. The average molecular weight is 476 g/mol. The van der Waals surface area contributed by atoms with E-state index < -0.39 is 11.9 Å². The third kappa shape index (κ3) is 6.29. The zero-order valence-electron chi connectivity index (χ0n) is 20.1. The molecule has 1 aliphatic heterocycles. The molecule has 3 aromatic rings. The summed E-state index contributed by atoms with van der Waals surface area (Å²) >= 11 is 0. The number of carbonyl (C=O) groups excluding carboxylic acids is 2. The van der Waals surface area contributed by atoms with Crippen molar-refractivity contribution in [1.82, 2.24) is 15.1 Å². The summed E-state index contributed by atoms with van der Waals surface area (Å²) in [6.45, 7) is 6.76. The lowest BCUT2D eigenvalue weighted by atomic mass is 10.1. The van der Waals surface area contributed by atoms with E-state index in [4.69, 9.17) is 14.2 Å². The number of ether oxygens (including phenoxy) is 3. The summed E-state index contributed by atoms with van der Waals surface area (Å²) in [6, 6.07) is 15.7. The molecule has 0 aliphatic carbocycles. The molecule has 4 rings (SSSR count). The first-order valence-corrected chi connectivity index (χ1v) is 11.5. The van der Waals surface area contributed by atoms with Gasteiger partial charge in [-0.3, -0.25) is 9.48 Å². The molecular formula is C27H29N3O5. The highest BCUT2D eigenvalue weighted by molar-refractivity contribution is 5.89. The second-order valence-corrected chi connectivity index (χ2v) is 8.47. The molecule has 2 aromatic carbocycles. The maximum atomic E-state index is 12.2. The quantitative estimate of drug-likeness (QED) is 0.397. The van der Waals surface area contributed by atoms with Gasteiger partial charge in [0.15, 0.2) is 18.1 Å². The van der Waals surface area contributed by atoms with E-state index in [0.717, 1.165) is 22.5 Å². The van der Waals surface area contributed by atoms with Crippen LogP contribution in [-0.2, 0) is 20.9 Å². The number of aryl methyl sites for hydroxylation is 2. The Kier molecular flexibility index (Phi) is 7.50. The molecule has 1 N–H and O–H groups in total. The number of nitrogens with zero attached hydrogens (tertiary/aromatic N) is 2. The molecule has 8 nitrogen and oxygen atoms in total. The van der Waals surface area contributed by atoms with E-state index in [2.05, 4.69) is 41.6 Å². The third-order valence-corrected chi connectivity index (χ3v) is 5.72. The number of fused-ring (bicyclic) bond motifs is 1. The van der Waals surface area contributed by atoms with E-state index in [0.29, 0.717) is 24.7 Å². The van der Waals surface area contributed by atoms with E-state index in [1.54, 1.807) is 6.08 Å². The van der Waals surface area contributed by atoms with Gasteiger partial charge in [0.2, 0.25) is 0 Å². The highest BCUT2D eigenvalue weighted by Crippen LogP contribution is 2.30. The standard InChI is InChI=1S/C27H29N3O5/c1-18-8-10-21(11-9-18)15-30-20(3)23(19(2)29-30)12-13-27(32)34-17-26(31)28-14-22-16-33-24-6-4-5-7-25(24)35-22/h4-13,22H,14-17H2,1-3H3,(H,28,31)/b13-12+. The average Bonchev–Trinajstić information content (AvgIpc) is 3.13. The van der Waals surface area contributed by atoms with Gasteiger partial charge in [-0.25, -0.2) is 4.79 Å². The van der Waals surface area contributed by atoms with Gasteiger partial charge in [0, 0.05) is 17.3 Å². The topological polar surface area (TPSA) is 91.7 Å². The number of esters is 1. The molecule has 0 bridgehead atoms. The van der Waals surface area contributed by atoms with Gasteiger partial charge in [0.05, 0.1) is 18.8 Å². The van der Waals surface area contributed by atoms with Gasteiger partial charge in [-0.2, -0.15) is 5.10 Å². The van der Waals surface area contributed by atoms with Crippen LogP contribution in [0.2, 0.25) is 0 Å². The van der Waals surface area contributed by atoms with E-state index in [9.17, 15) is 9.59 Å². The van der Waals surface area contributed by atoms with Crippen LogP contribution in [-0.4, -0.2) is 47.5 Å². The number of para-hydroxylation sites is 2. The van der Waals surface area contributed by atoms with Gasteiger partial charge in [-0.15, -0.1) is 0 Å². The zero-order valence-corrected chi connectivity index (χ0v) is 20.1. The monoisotopic (exact) mass is 475 g/mol. The van der Waals surface area contributed by atoms with Gasteiger partial charge in [-0.05, 0) is 44.5 Å². The maximum absolute atomic E-state index is 12.2. The Bertz CT molecular complexity index is 1230. The Balaban J connectivity index is 1.24. The number of nitrogens with one attached hydrogen (secondary N) is 1. The maximum Gasteiger partial charge on any atom is 0.331 e. The molecule has 0 spiro atoms. The molecular weight excluding hydrogens is 446 g/mol. The van der Waals surface area contributed by atoms with Crippen molar-refractivity contribution in [2.24, 2.45) is 0 Å². The Morgan fingerprint density at radius 3 is 2.63 bits per heavy atom. The normalized spacial score (nSPS) is 14.7. The molecule has 0 radical (unpaired) electrons. The van der Waals surface area contributed by atoms with Crippen LogP contribution in [0.15, 0.2) is 54.6 Å². The fourth-order valence-electron chi connectivity index (χ4n) is 3.75. The van der Waals surface area contributed by atoms with Crippen molar-refractivity contribution in [3.8, 4) is 11.5 Å². The van der Waals surface area contributed by atoms with E-state index >= 15 is 0 Å². The van der Waals surface area contributed by atoms with Crippen molar-refractivity contribution >= 4 is 18.0 Å². The molecule has 2 heterocycles. The number of carbonyl (C=O) groups is 2. The van der Waals surface area contributed by atoms with Crippen LogP contribution in [0, 0.1) is 20.8 Å². The van der Waals surface area contributed by atoms with Crippen molar-refractivity contribution in [1.29, 1.82) is 0 Å². The molecule has 1 unspecified atom stereocenters. The number of hydrogen-bond donors (Lipinski definition) is 1. The molecule has 35 heavy (non-hydrogen) atoms. The van der Waals surface area contributed by atoms with Crippen LogP contribution in [0.1, 0.15) is 28.1 Å². The second kappa shape index (κ2) is 10.9. The first kappa shape index (κ1) is 24.1. The molecule has 1 aromatic heterocycles. The molecule has 0 saturated heterocycles. The first-order chi connectivity index (χ1) is 16.9. The fraction of sp³-hybridized carbons (Fsp3) is 0.296. The number of amides is 1. The number of rotatable bonds is 8. The Labute approximate surface area is 204 Å². The summed E-state index contributed by atoms with van der Waals surface area (Å²) in [6.07, 6.45) is 2.68. The lowest BCUT2D eigenvalue weighted by molar-refractivity contribution is -0.143. The van der Waals surface area contributed by atoms with Crippen LogP contribution < -0.4 is 14.8 Å². The Morgan fingerprint density at radius 1 is 1.11 bits per heavy atom. The lowest BCUT2D eigenvalue weighted by Crippen LogP contribution is -2.42. The zero-order chi connectivity index (χ0) is 24.8. The Morgan fingerprint density at radius 2 is 1.86 bits per heavy atom.